The topological polar surface area (TPSA) is 62.6 Å². The van der Waals surface area contributed by atoms with Gasteiger partial charge in [-0.25, -0.2) is 0 Å². The van der Waals surface area contributed by atoms with Gasteiger partial charge in [-0.15, -0.1) is 0 Å². The van der Waals surface area contributed by atoms with Crippen molar-refractivity contribution < 1.29 is 14.3 Å². The highest BCUT2D eigenvalue weighted by molar-refractivity contribution is 5.69. The van der Waals surface area contributed by atoms with E-state index in [1.807, 2.05) is 35.2 Å². The number of hydrogen-bond donors (Lipinski definition) is 0. The lowest BCUT2D eigenvalue weighted by Crippen LogP contribution is -2.44. The van der Waals surface area contributed by atoms with Crippen LogP contribution < -0.4 is 0 Å². The molecule has 0 amide bonds. The van der Waals surface area contributed by atoms with Crippen molar-refractivity contribution in [3.05, 3.63) is 35.9 Å². The first-order chi connectivity index (χ1) is 9.74. The maximum absolute atomic E-state index is 11.3. The summed E-state index contributed by atoms with van der Waals surface area (Å²) < 4.78 is 10.2. The van der Waals surface area contributed by atoms with Gasteiger partial charge in [0.2, 0.25) is 0 Å². The third kappa shape index (κ3) is 3.56. The molecule has 5 heteroatoms. The zero-order valence-corrected chi connectivity index (χ0v) is 11.5. The zero-order valence-electron chi connectivity index (χ0n) is 11.5. The van der Waals surface area contributed by atoms with Crippen molar-refractivity contribution in [1.29, 1.82) is 5.26 Å². The van der Waals surface area contributed by atoms with Crippen LogP contribution in [-0.4, -0.2) is 43.8 Å². The highest BCUT2D eigenvalue weighted by Gasteiger charge is 2.28. The molecule has 0 aliphatic carbocycles. The van der Waals surface area contributed by atoms with E-state index >= 15 is 0 Å². The predicted molar refractivity (Wildman–Crippen MR) is 72.7 cm³/mol. The number of nitriles is 1. The Hall–Kier alpha value is -1.90. The molecule has 106 valence electrons. The lowest BCUT2D eigenvalue weighted by molar-refractivity contribution is -0.146. The van der Waals surface area contributed by atoms with E-state index in [-0.39, 0.29) is 24.5 Å². The van der Waals surface area contributed by atoms with Crippen molar-refractivity contribution in [3.8, 4) is 6.07 Å². The highest BCUT2D eigenvalue weighted by Crippen LogP contribution is 2.23. The first kappa shape index (κ1) is 14.5. The quantitative estimate of drug-likeness (QED) is 0.779. The van der Waals surface area contributed by atoms with Crippen molar-refractivity contribution >= 4 is 5.97 Å². The SMILES string of the molecule is COC(=O)CC1CN(C(C#N)c2ccccc2)CCO1. The Labute approximate surface area is 118 Å². The number of ether oxygens (including phenoxy) is 2. The lowest BCUT2D eigenvalue weighted by Gasteiger charge is -2.35. The summed E-state index contributed by atoms with van der Waals surface area (Å²) in [4.78, 5) is 13.4. The van der Waals surface area contributed by atoms with Crippen LogP contribution in [-0.2, 0) is 14.3 Å². The first-order valence-electron chi connectivity index (χ1n) is 6.61. The number of benzene rings is 1. The van der Waals surface area contributed by atoms with Crippen LogP contribution in [0, 0.1) is 11.3 Å². The van der Waals surface area contributed by atoms with Gasteiger partial charge in [-0.3, -0.25) is 9.69 Å². The number of carbonyl (C=O) groups is 1. The van der Waals surface area contributed by atoms with Gasteiger partial charge in [-0.1, -0.05) is 30.3 Å². The van der Waals surface area contributed by atoms with Crippen LogP contribution in [0.4, 0.5) is 0 Å². The van der Waals surface area contributed by atoms with Crippen LogP contribution >= 0.6 is 0 Å². The first-order valence-corrected chi connectivity index (χ1v) is 6.61. The summed E-state index contributed by atoms with van der Waals surface area (Å²) in [7, 11) is 1.37. The molecule has 20 heavy (non-hydrogen) atoms. The molecule has 1 saturated heterocycles. The minimum absolute atomic E-state index is 0.212. The van der Waals surface area contributed by atoms with Gasteiger partial charge in [-0.2, -0.15) is 5.26 Å². The van der Waals surface area contributed by atoms with Gasteiger partial charge in [0.25, 0.3) is 0 Å². The van der Waals surface area contributed by atoms with Gasteiger partial charge in [0, 0.05) is 13.1 Å². The molecule has 1 heterocycles. The van der Waals surface area contributed by atoms with E-state index in [2.05, 4.69) is 10.8 Å². The van der Waals surface area contributed by atoms with E-state index in [1.165, 1.54) is 7.11 Å². The standard InChI is InChI=1S/C15H18N2O3/c1-19-15(18)9-13-11-17(7-8-20-13)14(10-16)12-5-3-2-4-6-12/h2-6,13-14H,7-9,11H2,1H3. The van der Waals surface area contributed by atoms with Crippen LogP contribution in [0.3, 0.4) is 0 Å². The highest BCUT2D eigenvalue weighted by atomic mass is 16.5. The Morgan fingerprint density at radius 1 is 1.55 bits per heavy atom. The van der Waals surface area contributed by atoms with Gasteiger partial charge >= 0.3 is 5.97 Å². The predicted octanol–water partition coefficient (Wildman–Crippen LogP) is 1.52. The maximum atomic E-state index is 11.3. The zero-order chi connectivity index (χ0) is 14.4. The van der Waals surface area contributed by atoms with Gasteiger partial charge in [0.1, 0.15) is 6.04 Å². The smallest absolute Gasteiger partial charge is 0.308 e. The molecule has 0 radical (unpaired) electrons. The summed E-state index contributed by atoms with van der Waals surface area (Å²) in [6, 6.07) is 11.7. The number of morpholine rings is 1. The molecule has 1 aromatic rings. The van der Waals surface area contributed by atoms with Gasteiger partial charge in [-0.05, 0) is 5.56 Å². The summed E-state index contributed by atoms with van der Waals surface area (Å²) in [5.41, 5.74) is 0.966. The van der Waals surface area contributed by atoms with E-state index in [0.717, 1.165) is 5.56 Å². The Morgan fingerprint density at radius 3 is 2.95 bits per heavy atom. The third-order valence-electron chi connectivity index (χ3n) is 3.39. The summed E-state index contributed by atoms with van der Waals surface area (Å²) >= 11 is 0. The number of esters is 1. The van der Waals surface area contributed by atoms with Crippen LogP contribution in [0.25, 0.3) is 0 Å². The molecule has 1 fully saturated rings. The lowest BCUT2D eigenvalue weighted by atomic mass is 10.0. The van der Waals surface area contributed by atoms with Crippen molar-refractivity contribution in [1.82, 2.24) is 4.90 Å². The van der Waals surface area contributed by atoms with Crippen molar-refractivity contribution in [2.24, 2.45) is 0 Å². The van der Waals surface area contributed by atoms with Crippen molar-refractivity contribution in [2.45, 2.75) is 18.6 Å². The van der Waals surface area contributed by atoms with Gasteiger partial charge in [0.15, 0.2) is 0 Å². The fourth-order valence-corrected chi connectivity index (χ4v) is 2.37. The minimum Gasteiger partial charge on any atom is -0.469 e. The van der Waals surface area contributed by atoms with E-state index in [1.54, 1.807) is 0 Å². The summed E-state index contributed by atoms with van der Waals surface area (Å²) in [5.74, 6) is -0.287. The average Bonchev–Trinajstić information content (AvgIpc) is 2.49. The molecule has 0 bridgehead atoms. The number of nitrogens with zero attached hydrogens (tertiary/aromatic N) is 2. The van der Waals surface area contributed by atoms with Gasteiger partial charge < -0.3 is 9.47 Å². The third-order valence-corrected chi connectivity index (χ3v) is 3.39. The molecule has 1 aliphatic heterocycles. The number of rotatable bonds is 4. The molecule has 5 nitrogen and oxygen atoms in total. The molecular weight excluding hydrogens is 256 g/mol. The monoisotopic (exact) mass is 274 g/mol. The second-order valence-electron chi connectivity index (χ2n) is 4.71. The van der Waals surface area contributed by atoms with Crippen LogP contribution in [0.15, 0.2) is 30.3 Å². The van der Waals surface area contributed by atoms with Crippen molar-refractivity contribution in [3.63, 3.8) is 0 Å². The molecule has 0 spiro atoms. The fourth-order valence-electron chi connectivity index (χ4n) is 2.37. The molecule has 0 saturated carbocycles. The summed E-state index contributed by atoms with van der Waals surface area (Å²) in [6.07, 6.45) is 0.00990. The van der Waals surface area contributed by atoms with Gasteiger partial charge in [0.05, 0.1) is 32.3 Å². The van der Waals surface area contributed by atoms with E-state index in [0.29, 0.717) is 19.7 Å². The largest absolute Gasteiger partial charge is 0.469 e. The molecule has 1 aromatic carbocycles. The Balaban J connectivity index is 2.04. The molecule has 2 rings (SSSR count). The van der Waals surface area contributed by atoms with E-state index in [4.69, 9.17) is 4.74 Å². The number of carbonyl (C=O) groups excluding carboxylic acids is 1. The number of hydrogen-bond acceptors (Lipinski definition) is 5. The molecular formula is C15H18N2O3. The van der Waals surface area contributed by atoms with Crippen molar-refractivity contribution in [2.75, 3.05) is 26.8 Å². The van der Waals surface area contributed by atoms with E-state index < -0.39 is 0 Å². The Morgan fingerprint density at radius 2 is 2.30 bits per heavy atom. The molecule has 2 atom stereocenters. The van der Waals surface area contributed by atoms with E-state index in [9.17, 15) is 10.1 Å². The second kappa shape index (κ2) is 7.04. The summed E-state index contributed by atoms with van der Waals surface area (Å²) in [6.45, 7) is 1.76. The average molecular weight is 274 g/mol. The molecule has 2 unspecified atom stereocenters. The van der Waals surface area contributed by atoms with Crippen LogP contribution in [0.1, 0.15) is 18.0 Å². The summed E-state index contributed by atoms with van der Waals surface area (Å²) in [5, 5.41) is 9.42. The molecule has 1 aliphatic rings. The fraction of sp³-hybridized carbons (Fsp3) is 0.467. The molecule has 0 aromatic heterocycles. The second-order valence-corrected chi connectivity index (χ2v) is 4.71. The minimum atomic E-state index is -0.305. The molecule has 0 N–H and O–H groups in total. The number of methoxy groups -OCH3 is 1. The van der Waals surface area contributed by atoms with Crippen LogP contribution in [0.2, 0.25) is 0 Å². The Kier molecular flexibility index (Phi) is 5.10. The van der Waals surface area contributed by atoms with Crippen LogP contribution in [0.5, 0.6) is 0 Å². The Bertz CT molecular complexity index is 484. The maximum Gasteiger partial charge on any atom is 0.308 e. The normalized spacial score (nSPS) is 20.9.